The Kier molecular flexibility index (Phi) is 6.72. The van der Waals surface area contributed by atoms with Crippen LogP contribution < -0.4 is 4.90 Å². The second-order valence-corrected chi connectivity index (χ2v) is 7.14. The molecule has 0 N–H and O–H groups in total. The van der Waals surface area contributed by atoms with Gasteiger partial charge in [0.25, 0.3) is 5.91 Å². The van der Waals surface area contributed by atoms with Crippen molar-refractivity contribution in [2.75, 3.05) is 18.1 Å². The number of likely N-dealkylation sites (N-methyl/N-ethyl adjacent to an activating group) is 1. The molecule has 0 fully saturated rings. The van der Waals surface area contributed by atoms with Gasteiger partial charge in [-0.3, -0.25) is 4.79 Å². The molecular weight excluding hydrogens is 391 g/mol. The minimum atomic E-state index is -0.652. The summed E-state index contributed by atoms with van der Waals surface area (Å²) in [6.45, 7) is 3.84. The lowest BCUT2D eigenvalue weighted by molar-refractivity contribution is -0.121. The maximum Gasteiger partial charge on any atom is 0.358 e. The maximum atomic E-state index is 13.1. The van der Waals surface area contributed by atoms with Gasteiger partial charge in [0, 0.05) is 23.2 Å². The van der Waals surface area contributed by atoms with Crippen LogP contribution in [0.4, 0.5) is 10.1 Å². The Bertz CT molecular complexity index is 984. The minimum absolute atomic E-state index is 0.169. The van der Waals surface area contributed by atoms with Crippen LogP contribution >= 0.6 is 11.3 Å². The molecule has 0 aliphatic carbocycles. The molecule has 1 amide bonds. The third-order valence-electron chi connectivity index (χ3n) is 4.40. The van der Waals surface area contributed by atoms with Crippen molar-refractivity contribution in [2.24, 2.45) is 0 Å². The first kappa shape index (κ1) is 20.7. The van der Waals surface area contributed by atoms with Crippen molar-refractivity contribution in [3.63, 3.8) is 0 Å². The first-order chi connectivity index (χ1) is 14.0. The fourth-order valence-electron chi connectivity index (χ4n) is 2.79. The van der Waals surface area contributed by atoms with Gasteiger partial charge in [0.05, 0.1) is 0 Å². The van der Waals surface area contributed by atoms with E-state index in [2.05, 4.69) is 11.9 Å². The van der Waals surface area contributed by atoms with Crippen LogP contribution in [0, 0.1) is 5.82 Å². The summed E-state index contributed by atoms with van der Waals surface area (Å²) in [4.78, 5) is 30.5. The van der Waals surface area contributed by atoms with E-state index in [4.69, 9.17) is 4.74 Å². The summed E-state index contributed by atoms with van der Waals surface area (Å²) < 4.78 is 18.2. The highest BCUT2D eigenvalue weighted by Gasteiger charge is 2.19. The van der Waals surface area contributed by atoms with Crippen molar-refractivity contribution in [1.82, 2.24) is 4.98 Å². The third kappa shape index (κ3) is 5.06. The van der Waals surface area contributed by atoms with Gasteiger partial charge in [-0.05, 0) is 43.2 Å². The average molecular weight is 412 g/mol. The number of carbonyl (C=O) groups excluding carboxylic acids is 2. The van der Waals surface area contributed by atoms with Gasteiger partial charge in [0.1, 0.15) is 10.8 Å². The number of nitrogens with zero attached hydrogens (tertiary/aromatic N) is 2. The van der Waals surface area contributed by atoms with E-state index in [0.717, 1.165) is 12.0 Å². The van der Waals surface area contributed by atoms with Crippen LogP contribution in [-0.4, -0.2) is 30.0 Å². The molecule has 3 aromatic rings. The molecule has 3 rings (SSSR count). The van der Waals surface area contributed by atoms with Crippen LogP contribution in [0.5, 0.6) is 0 Å². The highest BCUT2D eigenvalue weighted by molar-refractivity contribution is 7.13. The number of amides is 1. The number of thiazole rings is 1. The van der Waals surface area contributed by atoms with E-state index in [1.165, 1.54) is 46.1 Å². The van der Waals surface area contributed by atoms with Crippen molar-refractivity contribution in [3.8, 4) is 10.6 Å². The third-order valence-corrected chi connectivity index (χ3v) is 5.30. The SMILES string of the molecule is CCc1ccc(-c2nc(C(=O)OCC(=O)N(CC)c3ccc(F)cc3)cs2)cc1. The summed E-state index contributed by atoms with van der Waals surface area (Å²) in [5.41, 5.74) is 2.87. The van der Waals surface area contributed by atoms with Crippen LogP contribution in [0.15, 0.2) is 53.9 Å². The summed E-state index contributed by atoms with van der Waals surface area (Å²) in [5.74, 6) is -1.42. The Balaban J connectivity index is 1.62. The monoisotopic (exact) mass is 412 g/mol. The Morgan fingerprint density at radius 1 is 1.07 bits per heavy atom. The van der Waals surface area contributed by atoms with E-state index in [0.29, 0.717) is 17.2 Å². The lowest BCUT2D eigenvalue weighted by Gasteiger charge is -2.20. The lowest BCUT2D eigenvalue weighted by Crippen LogP contribution is -2.34. The van der Waals surface area contributed by atoms with Crippen LogP contribution in [0.25, 0.3) is 10.6 Å². The molecule has 0 saturated heterocycles. The van der Waals surface area contributed by atoms with E-state index in [-0.39, 0.29) is 11.5 Å². The van der Waals surface area contributed by atoms with Gasteiger partial charge in [-0.2, -0.15) is 0 Å². The minimum Gasteiger partial charge on any atom is -0.451 e. The van der Waals surface area contributed by atoms with Crippen molar-refractivity contribution in [1.29, 1.82) is 0 Å². The van der Waals surface area contributed by atoms with Crippen molar-refractivity contribution in [2.45, 2.75) is 20.3 Å². The highest BCUT2D eigenvalue weighted by atomic mass is 32.1. The van der Waals surface area contributed by atoms with E-state index >= 15 is 0 Å². The highest BCUT2D eigenvalue weighted by Crippen LogP contribution is 2.24. The summed E-state index contributed by atoms with van der Waals surface area (Å²) in [7, 11) is 0. The summed E-state index contributed by atoms with van der Waals surface area (Å²) >= 11 is 1.34. The van der Waals surface area contributed by atoms with Crippen LogP contribution in [0.3, 0.4) is 0 Å². The number of carbonyl (C=O) groups is 2. The number of rotatable bonds is 7. The normalized spacial score (nSPS) is 10.6. The molecule has 2 aromatic carbocycles. The molecule has 0 aliphatic rings. The molecular formula is C22H21FN2O3S. The number of hydrogen-bond donors (Lipinski definition) is 0. The Hall–Kier alpha value is -3.06. The standard InChI is InChI=1S/C22H21FN2O3S/c1-3-15-5-7-16(8-6-15)21-24-19(14-29-21)22(27)28-13-20(26)25(4-2)18-11-9-17(23)10-12-18/h5-12,14H,3-4,13H2,1-2H3. The summed E-state index contributed by atoms with van der Waals surface area (Å²) in [6, 6.07) is 13.6. The van der Waals surface area contributed by atoms with E-state index in [9.17, 15) is 14.0 Å². The number of hydrogen-bond acceptors (Lipinski definition) is 5. The molecule has 0 saturated carbocycles. The van der Waals surface area contributed by atoms with Crippen LogP contribution in [0.2, 0.25) is 0 Å². The molecule has 0 radical (unpaired) electrons. The number of aromatic nitrogens is 1. The van der Waals surface area contributed by atoms with Crippen LogP contribution in [0.1, 0.15) is 29.9 Å². The first-order valence-electron chi connectivity index (χ1n) is 9.29. The zero-order chi connectivity index (χ0) is 20.8. The maximum absolute atomic E-state index is 13.1. The number of ether oxygens (including phenoxy) is 1. The van der Waals surface area contributed by atoms with Crippen molar-refractivity contribution in [3.05, 3.63) is 71.0 Å². The molecule has 0 spiro atoms. The van der Waals surface area contributed by atoms with E-state index in [1.807, 2.05) is 24.3 Å². The molecule has 5 nitrogen and oxygen atoms in total. The Labute approximate surface area is 172 Å². The van der Waals surface area contributed by atoms with Gasteiger partial charge in [-0.1, -0.05) is 31.2 Å². The average Bonchev–Trinajstić information content (AvgIpc) is 3.24. The zero-order valence-corrected chi connectivity index (χ0v) is 17.0. The zero-order valence-electron chi connectivity index (χ0n) is 16.2. The summed E-state index contributed by atoms with van der Waals surface area (Å²) in [5, 5.41) is 2.33. The molecule has 0 aliphatic heterocycles. The fraction of sp³-hybridized carbons (Fsp3) is 0.227. The fourth-order valence-corrected chi connectivity index (χ4v) is 3.58. The molecule has 29 heavy (non-hydrogen) atoms. The van der Waals surface area contributed by atoms with Crippen LogP contribution in [-0.2, 0) is 16.0 Å². The first-order valence-corrected chi connectivity index (χ1v) is 10.2. The van der Waals surface area contributed by atoms with Gasteiger partial charge < -0.3 is 9.64 Å². The predicted octanol–water partition coefficient (Wildman–Crippen LogP) is 4.72. The van der Waals surface area contributed by atoms with Gasteiger partial charge in [-0.15, -0.1) is 11.3 Å². The second-order valence-electron chi connectivity index (χ2n) is 6.28. The second kappa shape index (κ2) is 9.43. The van der Waals surface area contributed by atoms with Gasteiger partial charge in [0.2, 0.25) is 0 Å². The van der Waals surface area contributed by atoms with Gasteiger partial charge in [-0.25, -0.2) is 14.2 Å². The number of esters is 1. The molecule has 0 unspecified atom stereocenters. The predicted molar refractivity (Wildman–Crippen MR) is 112 cm³/mol. The van der Waals surface area contributed by atoms with Gasteiger partial charge >= 0.3 is 5.97 Å². The van der Waals surface area contributed by atoms with Crippen molar-refractivity contribution >= 4 is 28.9 Å². The molecule has 0 bridgehead atoms. The lowest BCUT2D eigenvalue weighted by atomic mass is 10.1. The smallest absolute Gasteiger partial charge is 0.358 e. The Morgan fingerprint density at radius 2 is 1.76 bits per heavy atom. The largest absolute Gasteiger partial charge is 0.451 e. The molecule has 1 aromatic heterocycles. The number of halogens is 1. The molecule has 0 atom stereocenters. The quantitative estimate of drug-likeness (QED) is 0.527. The van der Waals surface area contributed by atoms with E-state index in [1.54, 1.807) is 12.3 Å². The summed E-state index contributed by atoms with van der Waals surface area (Å²) in [6.07, 6.45) is 0.955. The number of aryl methyl sites for hydroxylation is 1. The number of benzene rings is 2. The Morgan fingerprint density at radius 3 is 2.38 bits per heavy atom. The van der Waals surface area contributed by atoms with E-state index < -0.39 is 18.5 Å². The molecule has 150 valence electrons. The molecule has 7 heteroatoms. The molecule has 1 heterocycles. The number of anilines is 1. The van der Waals surface area contributed by atoms with Gasteiger partial charge in [0.15, 0.2) is 12.3 Å². The topological polar surface area (TPSA) is 59.5 Å². The van der Waals surface area contributed by atoms with Crippen molar-refractivity contribution < 1.29 is 18.7 Å².